The van der Waals surface area contributed by atoms with E-state index in [-0.39, 0.29) is 18.3 Å². The maximum absolute atomic E-state index is 8.88. The van der Waals surface area contributed by atoms with E-state index < -0.39 is 0 Å². The van der Waals surface area contributed by atoms with E-state index in [2.05, 4.69) is 0 Å². The number of aliphatic hydroxyl groups is 1. The first-order chi connectivity index (χ1) is 5.49. The molecule has 70 valence electrons. The fourth-order valence-electron chi connectivity index (χ4n) is 0.913. The van der Waals surface area contributed by atoms with Crippen LogP contribution in [0, 0.1) is 11.3 Å². The van der Waals surface area contributed by atoms with Gasteiger partial charge in [-0.1, -0.05) is 0 Å². The van der Waals surface area contributed by atoms with Crippen LogP contribution in [0.4, 0.5) is 0 Å². The fourth-order valence-corrected chi connectivity index (χ4v) is 0.913. The van der Waals surface area contributed by atoms with Gasteiger partial charge in [0.25, 0.3) is 0 Å². The molecule has 0 radical (unpaired) electrons. The second kappa shape index (κ2) is 5.13. The Labute approximate surface area is 74.0 Å². The Kier molecular flexibility index (Phi) is 4.87. The lowest BCUT2D eigenvalue weighted by Crippen LogP contribution is -2.29. The second-order valence-corrected chi connectivity index (χ2v) is 3.73. The summed E-state index contributed by atoms with van der Waals surface area (Å²) in [4.78, 5) is 0. The highest BCUT2D eigenvalue weighted by atomic mass is 16.5. The Morgan fingerprint density at radius 1 is 1.50 bits per heavy atom. The molecule has 0 aromatic rings. The maximum atomic E-state index is 8.88. The molecule has 3 nitrogen and oxygen atoms in total. The van der Waals surface area contributed by atoms with Crippen LogP contribution in [0.5, 0.6) is 0 Å². The summed E-state index contributed by atoms with van der Waals surface area (Å²) in [5.74, 6) is 0. The first-order valence-electron chi connectivity index (χ1n) is 4.15. The van der Waals surface area contributed by atoms with Gasteiger partial charge in [-0.05, 0) is 27.2 Å². The van der Waals surface area contributed by atoms with Gasteiger partial charge >= 0.3 is 0 Å². The average Bonchev–Trinajstić information content (AvgIpc) is 1.95. The minimum absolute atomic E-state index is 0.0149. The van der Waals surface area contributed by atoms with Gasteiger partial charge < -0.3 is 9.84 Å². The summed E-state index contributed by atoms with van der Waals surface area (Å²) in [6.07, 6.45) is 0.829. The van der Waals surface area contributed by atoms with E-state index in [1.807, 2.05) is 26.8 Å². The van der Waals surface area contributed by atoms with Crippen molar-refractivity contribution in [1.29, 1.82) is 5.26 Å². The topological polar surface area (TPSA) is 53.2 Å². The van der Waals surface area contributed by atoms with Crippen LogP contribution in [0.2, 0.25) is 0 Å². The summed E-state index contributed by atoms with van der Waals surface area (Å²) < 4.78 is 5.49. The third-order valence-electron chi connectivity index (χ3n) is 1.30. The van der Waals surface area contributed by atoms with Gasteiger partial charge in [-0.2, -0.15) is 5.26 Å². The van der Waals surface area contributed by atoms with E-state index in [0.717, 1.165) is 0 Å². The van der Waals surface area contributed by atoms with Crippen LogP contribution < -0.4 is 0 Å². The maximum Gasteiger partial charge on any atom is 0.0822 e. The number of nitriles is 1. The fraction of sp³-hybridized carbons (Fsp3) is 0.889. The van der Waals surface area contributed by atoms with Gasteiger partial charge in [-0.15, -0.1) is 0 Å². The van der Waals surface area contributed by atoms with Crippen LogP contribution in [-0.4, -0.2) is 23.4 Å². The van der Waals surface area contributed by atoms with Crippen molar-refractivity contribution in [2.45, 2.75) is 45.3 Å². The first-order valence-corrected chi connectivity index (χ1v) is 4.15. The molecule has 0 rings (SSSR count). The summed E-state index contributed by atoms with van der Waals surface area (Å²) >= 11 is 0. The molecule has 1 N–H and O–H groups in total. The van der Waals surface area contributed by atoms with Crippen molar-refractivity contribution in [3.8, 4) is 6.07 Å². The van der Waals surface area contributed by atoms with Crippen LogP contribution >= 0.6 is 0 Å². The molecule has 12 heavy (non-hydrogen) atoms. The average molecular weight is 171 g/mol. The van der Waals surface area contributed by atoms with Crippen LogP contribution in [0.1, 0.15) is 33.6 Å². The van der Waals surface area contributed by atoms with Gasteiger partial charge in [0.2, 0.25) is 0 Å². The summed E-state index contributed by atoms with van der Waals surface area (Å²) in [5, 5.41) is 17.2. The summed E-state index contributed by atoms with van der Waals surface area (Å²) in [6.45, 7) is 5.78. The zero-order chi connectivity index (χ0) is 9.61. The smallest absolute Gasteiger partial charge is 0.0822 e. The Morgan fingerprint density at radius 3 is 2.42 bits per heavy atom. The first kappa shape index (κ1) is 11.4. The molecule has 0 aliphatic carbocycles. The molecule has 0 fully saturated rings. The molecule has 1 unspecified atom stereocenters. The van der Waals surface area contributed by atoms with Gasteiger partial charge in [0.05, 0.1) is 24.4 Å². The number of nitrogens with zero attached hydrogens (tertiary/aromatic N) is 1. The Hall–Kier alpha value is -0.590. The molecule has 0 aromatic heterocycles. The molecule has 0 aliphatic heterocycles. The quantitative estimate of drug-likeness (QED) is 0.696. The van der Waals surface area contributed by atoms with Gasteiger partial charge in [0.15, 0.2) is 0 Å². The van der Waals surface area contributed by atoms with Crippen LogP contribution in [0.15, 0.2) is 0 Å². The van der Waals surface area contributed by atoms with E-state index in [9.17, 15) is 0 Å². The molecule has 1 atom stereocenters. The molecule has 0 saturated carbocycles. The van der Waals surface area contributed by atoms with Crippen molar-refractivity contribution >= 4 is 0 Å². The van der Waals surface area contributed by atoms with Crippen LogP contribution in [0.3, 0.4) is 0 Å². The monoisotopic (exact) mass is 171 g/mol. The predicted molar refractivity (Wildman–Crippen MR) is 46.6 cm³/mol. The highest BCUT2D eigenvalue weighted by molar-refractivity contribution is 4.74. The number of rotatable bonds is 4. The van der Waals surface area contributed by atoms with Crippen LogP contribution in [0.25, 0.3) is 0 Å². The Bertz CT molecular complexity index is 155. The molecule has 0 amide bonds. The minimum atomic E-state index is -0.247. The molecular weight excluding hydrogens is 154 g/mol. The lowest BCUT2D eigenvalue weighted by molar-refractivity contribution is -0.0822. The molecule has 0 saturated heterocycles. The van der Waals surface area contributed by atoms with E-state index >= 15 is 0 Å². The lowest BCUT2D eigenvalue weighted by Gasteiger charge is -2.25. The third kappa shape index (κ3) is 6.14. The van der Waals surface area contributed by atoms with Gasteiger partial charge in [-0.3, -0.25) is 0 Å². The van der Waals surface area contributed by atoms with Crippen molar-refractivity contribution in [2.24, 2.45) is 0 Å². The van der Waals surface area contributed by atoms with Crippen molar-refractivity contribution in [3.63, 3.8) is 0 Å². The largest absolute Gasteiger partial charge is 0.394 e. The minimum Gasteiger partial charge on any atom is -0.394 e. The molecule has 0 aromatic carbocycles. The predicted octanol–water partition coefficient (Wildman–Crippen LogP) is 1.47. The van der Waals surface area contributed by atoms with Gasteiger partial charge in [0.1, 0.15) is 0 Å². The number of aliphatic hydroxyl groups excluding tert-OH is 1. The van der Waals surface area contributed by atoms with E-state index in [1.54, 1.807) is 0 Å². The van der Waals surface area contributed by atoms with Crippen molar-refractivity contribution < 1.29 is 9.84 Å². The number of ether oxygens (including phenoxy) is 1. The molecule has 0 bridgehead atoms. The van der Waals surface area contributed by atoms with E-state index in [4.69, 9.17) is 15.1 Å². The summed E-state index contributed by atoms with van der Waals surface area (Å²) in [7, 11) is 0. The molecule has 0 spiro atoms. The molecule has 0 aliphatic rings. The lowest BCUT2D eigenvalue weighted by atomic mass is 10.1. The Balaban J connectivity index is 3.77. The normalized spacial score (nSPS) is 13.9. The Morgan fingerprint density at radius 2 is 2.08 bits per heavy atom. The highest BCUT2D eigenvalue weighted by Gasteiger charge is 2.17. The van der Waals surface area contributed by atoms with Crippen molar-refractivity contribution in [1.82, 2.24) is 0 Å². The molecule has 3 heteroatoms. The summed E-state index contributed by atoms with van der Waals surface area (Å²) in [6, 6.07) is 2.03. The van der Waals surface area contributed by atoms with Crippen molar-refractivity contribution in [3.05, 3.63) is 0 Å². The zero-order valence-corrected chi connectivity index (χ0v) is 8.00. The van der Waals surface area contributed by atoms with Crippen molar-refractivity contribution in [2.75, 3.05) is 6.61 Å². The highest BCUT2D eigenvalue weighted by Crippen LogP contribution is 2.13. The standard InChI is InChI=1S/C9H17NO2/c1-9(2,3)12-8(7-11)5-4-6-10/h8,11H,4-5,7H2,1-3H3. The van der Waals surface area contributed by atoms with Gasteiger partial charge in [-0.25, -0.2) is 0 Å². The SMILES string of the molecule is CC(C)(C)OC(CO)CCC#N. The third-order valence-corrected chi connectivity index (χ3v) is 1.30. The number of hydrogen-bond donors (Lipinski definition) is 1. The number of hydrogen-bond acceptors (Lipinski definition) is 3. The molecular formula is C9H17NO2. The van der Waals surface area contributed by atoms with Gasteiger partial charge in [0, 0.05) is 6.42 Å². The summed E-state index contributed by atoms with van der Waals surface area (Å²) in [5.41, 5.74) is -0.247. The van der Waals surface area contributed by atoms with Crippen LogP contribution in [-0.2, 0) is 4.74 Å². The van der Waals surface area contributed by atoms with E-state index in [0.29, 0.717) is 12.8 Å². The zero-order valence-electron chi connectivity index (χ0n) is 8.00. The molecule has 0 heterocycles. The van der Waals surface area contributed by atoms with E-state index in [1.165, 1.54) is 0 Å². The second-order valence-electron chi connectivity index (χ2n) is 3.73.